The number of para-hydroxylation sites is 2. The molecule has 216 valence electrons. The third kappa shape index (κ3) is 5.19. The number of nitrogens with zero attached hydrogens (tertiary/aromatic N) is 3. The number of esters is 1. The average Bonchev–Trinajstić information content (AvgIpc) is 3.06. The Morgan fingerprint density at radius 2 is 1.35 bits per heavy atom. The number of aromatic nitrogens is 1. The highest BCUT2D eigenvalue weighted by molar-refractivity contribution is 6.08. The lowest BCUT2D eigenvalue weighted by molar-refractivity contribution is -0.141. The molecular weight excluding hydrogens is 534 g/mol. The van der Waals surface area contributed by atoms with Gasteiger partial charge in [-0.2, -0.15) is 0 Å². The van der Waals surface area contributed by atoms with Gasteiger partial charge in [0.15, 0.2) is 5.66 Å². The number of hydrogen-bond acceptors (Lipinski definition) is 5. The Balaban J connectivity index is 1.80. The zero-order valence-electron chi connectivity index (χ0n) is 24.6. The van der Waals surface area contributed by atoms with E-state index in [2.05, 4.69) is 4.90 Å². The number of carbonyl (C=O) groups is 2. The van der Waals surface area contributed by atoms with Gasteiger partial charge in [-0.05, 0) is 36.6 Å². The largest absolute Gasteiger partial charge is 0.423 e. The van der Waals surface area contributed by atoms with Gasteiger partial charge in [-0.1, -0.05) is 103 Å². The van der Waals surface area contributed by atoms with E-state index < -0.39 is 11.6 Å². The molecule has 0 spiro atoms. The topological polar surface area (TPSA) is 62.7 Å². The molecule has 1 amide bonds. The summed E-state index contributed by atoms with van der Waals surface area (Å²) in [6, 6.07) is 36.7. The molecule has 1 aliphatic rings. The average molecular weight is 570 g/mol. The first-order valence-corrected chi connectivity index (χ1v) is 14.8. The molecule has 1 unspecified atom stereocenters. The van der Waals surface area contributed by atoms with Gasteiger partial charge < -0.3 is 9.64 Å². The highest BCUT2D eigenvalue weighted by atomic mass is 16.5. The van der Waals surface area contributed by atoms with Crippen molar-refractivity contribution in [2.24, 2.45) is 0 Å². The Kier molecular flexibility index (Phi) is 8.03. The first-order valence-electron chi connectivity index (χ1n) is 14.8. The number of benzene rings is 4. The van der Waals surface area contributed by atoms with Crippen LogP contribution in [0.2, 0.25) is 0 Å². The molecule has 0 saturated carbocycles. The van der Waals surface area contributed by atoms with Crippen LogP contribution < -0.4 is 4.74 Å². The summed E-state index contributed by atoms with van der Waals surface area (Å²) in [5.74, 6) is -0.168. The Morgan fingerprint density at radius 3 is 2.00 bits per heavy atom. The molecule has 4 aromatic carbocycles. The van der Waals surface area contributed by atoms with E-state index in [1.807, 2.05) is 110 Å². The van der Waals surface area contributed by atoms with Crippen LogP contribution >= 0.6 is 0 Å². The first-order chi connectivity index (χ1) is 21.0. The second-order valence-electron chi connectivity index (χ2n) is 11.0. The van der Waals surface area contributed by atoms with E-state index in [1.54, 1.807) is 24.0 Å². The van der Waals surface area contributed by atoms with E-state index in [9.17, 15) is 9.59 Å². The summed E-state index contributed by atoms with van der Waals surface area (Å²) in [4.78, 5) is 37.6. The number of piperidine rings is 1. The Hall–Kier alpha value is -4.81. The van der Waals surface area contributed by atoms with Crippen LogP contribution in [0.4, 0.5) is 0 Å². The summed E-state index contributed by atoms with van der Waals surface area (Å²) in [7, 11) is 1.83. The van der Waals surface area contributed by atoms with Crippen molar-refractivity contribution < 1.29 is 14.3 Å². The van der Waals surface area contributed by atoms with E-state index in [0.29, 0.717) is 33.5 Å². The molecule has 1 saturated heterocycles. The standard InChI is InChI=1S/C37H35N3O3/c1-27(41)39(2)37(29-19-9-4-10-20-29,40-25-15-6-16-26-40)34-33(36(42)43-30-21-11-5-12-22-30)31-23-13-14-24-32(31)38-35(34)28-17-7-3-8-18-28/h3-5,7-14,17-24H,6,15-16,25-26H2,1-2H3. The fraction of sp³-hybridized carbons (Fsp3) is 0.216. The van der Waals surface area contributed by atoms with Gasteiger partial charge in [0.25, 0.3) is 0 Å². The SMILES string of the molecule is CC(=O)N(C)C(c1ccccc1)(c1c(-c2ccccc2)nc2ccccc2c1C(=O)Oc1ccccc1)N1CCCCC1. The number of pyridine rings is 1. The molecular formula is C37H35N3O3. The molecule has 0 bridgehead atoms. The summed E-state index contributed by atoms with van der Waals surface area (Å²) in [6.45, 7) is 3.09. The normalized spacial score (nSPS) is 15.0. The number of rotatable bonds is 7. The Bertz CT molecular complexity index is 1740. The van der Waals surface area contributed by atoms with Crippen molar-refractivity contribution in [3.05, 3.63) is 132 Å². The molecule has 6 heteroatoms. The van der Waals surface area contributed by atoms with Crippen molar-refractivity contribution in [3.63, 3.8) is 0 Å². The molecule has 6 nitrogen and oxygen atoms in total. The fourth-order valence-corrected chi connectivity index (χ4v) is 6.39. The lowest BCUT2D eigenvalue weighted by Gasteiger charge is -2.52. The van der Waals surface area contributed by atoms with Gasteiger partial charge in [-0.3, -0.25) is 9.69 Å². The number of likely N-dealkylation sites (tertiary alicyclic amines) is 1. The van der Waals surface area contributed by atoms with Crippen molar-refractivity contribution in [2.75, 3.05) is 20.1 Å². The quantitative estimate of drug-likeness (QED) is 0.152. The third-order valence-corrected chi connectivity index (χ3v) is 8.39. The van der Waals surface area contributed by atoms with Gasteiger partial charge in [0.05, 0.1) is 16.8 Å². The van der Waals surface area contributed by atoms with Crippen molar-refractivity contribution in [3.8, 4) is 17.0 Å². The molecule has 1 aliphatic heterocycles. The maximum absolute atomic E-state index is 14.6. The van der Waals surface area contributed by atoms with Crippen LogP contribution in [0.15, 0.2) is 115 Å². The molecule has 5 aromatic rings. The number of amides is 1. The van der Waals surface area contributed by atoms with E-state index in [4.69, 9.17) is 9.72 Å². The molecule has 43 heavy (non-hydrogen) atoms. The second kappa shape index (κ2) is 12.2. The lowest BCUT2D eigenvalue weighted by atomic mass is 9.80. The summed E-state index contributed by atoms with van der Waals surface area (Å²) >= 11 is 0. The van der Waals surface area contributed by atoms with Gasteiger partial charge in [0.2, 0.25) is 5.91 Å². The van der Waals surface area contributed by atoms with Gasteiger partial charge in [-0.25, -0.2) is 9.78 Å². The highest BCUT2D eigenvalue weighted by Crippen LogP contribution is 2.47. The predicted molar refractivity (Wildman–Crippen MR) is 170 cm³/mol. The van der Waals surface area contributed by atoms with Crippen LogP contribution in [-0.2, 0) is 10.5 Å². The third-order valence-electron chi connectivity index (χ3n) is 8.39. The Labute approximate surface area is 252 Å². The van der Waals surface area contributed by atoms with Crippen LogP contribution in [0.5, 0.6) is 5.75 Å². The molecule has 0 aliphatic carbocycles. The Morgan fingerprint density at radius 1 is 0.767 bits per heavy atom. The maximum atomic E-state index is 14.6. The van der Waals surface area contributed by atoms with E-state index in [1.165, 1.54) is 0 Å². The van der Waals surface area contributed by atoms with Crippen LogP contribution in [0.3, 0.4) is 0 Å². The number of carbonyl (C=O) groups excluding carboxylic acids is 2. The van der Waals surface area contributed by atoms with Crippen LogP contribution in [0.1, 0.15) is 47.7 Å². The van der Waals surface area contributed by atoms with Crippen molar-refractivity contribution in [1.29, 1.82) is 0 Å². The maximum Gasteiger partial charge on any atom is 0.344 e. The monoisotopic (exact) mass is 569 g/mol. The van der Waals surface area contributed by atoms with Crippen molar-refractivity contribution in [1.82, 2.24) is 14.8 Å². The number of fused-ring (bicyclic) bond motifs is 1. The highest BCUT2D eigenvalue weighted by Gasteiger charge is 2.50. The smallest absolute Gasteiger partial charge is 0.344 e. The van der Waals surface area contributed by atoms with Crippen LogP contribution in [0.25, 0.3) is 22.2 Å². The predicted octanol–water partition coefficient (Wildman–Crippen LogP) is 7.29. The zero-order valence-corrected chi connectivity index (χ0v) is 24.6. The van der Waals surface area contributed by atoms with Gasteiger partial charge in [0.1, 0.15) is 5.75 Å². The number of ether oxygens (including phenoxy) is 1. The van der Waals surface area contributed by atoms with Gasteiger partial charge in [0, 0.05) is 43.6 Å². The van der Waals surface area contributed by atoms with E-state index in [-0.39, 0.29) is 5.91 Å². The van der Waals surface area contributed by atoms with E-state index >= 15 is 0 Å². The van der Waals surface area contributed by atoms with Crippen LogP contribution in [0, 0.1) is 0 Å². The molecule has 2 heterocycles. The molecule has 1 aromatic heterocycles. The van der Waals surface area contributed by atoms with Crippen LogP contribution in [-0.4, -0.2) is 46.8 Å². The van der Waals surface area contributed by atoms with Gasteiger partial charge in [-0.15, -0.1) is 0 Å². The van der Waals surface area contributed by atoms with Crippen molar-refractivity contribution in [2.45, 2.75) is 31.8 Å². The minimum Gasteiger partial charge on any atom is -0.423 e. The molecule has 0 N–H and O–H groups in total. The molecule has 6 rings (SSSR count). The van der Waals surface area contributed by atoms with Gasteiger partial charge >= 0.3 is 5.97 Å². The summed E-state index contributed by atoms with van der Waals surface area (Å²) in [6.07, 6.45) is 3.06. The fourth-order valence-electron chi connectivity index (χ4n) is 6.39. The first kappa shape index (κ1) is 28.3. The number of hydrogen-bond donors (Lipinski definition) is 0. The summed E-state index contributed by atoms with van der Waals surface area (Å²) in [5.41, 5.74) is 2.95. The molecule has 1 fully saturated rings. The summed E-state index contributed by atoms with van der Waals surface area (Å²) in [5, 5.41) is 0.673. The summed E-state index contributed by atoms with van der Waals surface area (Å²) < 4.78 is 6.11. The van der Waals surface area contributed by atoms with E-state index in [0.717, 1.165) is 43.5 Å². The zero-order chi connectivity index (χ0) is 29.8. The second-order valence-corrected chi connectivity index (χ2v) is 11.0. The molecule has 0 radical (unpaired) electrons. The minimum atomic E-state index is -1.15. The van der Waals surface area contributed by atoms with Crippen molar-refractivity contribution >= 4 is 22.8 Å². The minimum absolute atomic E-state index is 0.121. The molecule has 1 atom stereocenters. The lowest BCUT2D eigenvalue weighted by Crippen LogP contribution is -2.61.